The van der Waals surface area contributed by atoms with Gasteiger partial charge in [-0.05, 0) is 44.6 Å². The van der Waals surface area contributed by atoms with E-state index in [2.05, 4.69) is 20.5 Å². The molecule has 2 N–H and O–H groups in total. The van der Waals surface area contributed by atoms with Gasteiger partial charge in [0.15, 0.2) is 5.96 Å². The molecule has 1 atom stereocenters. The number of rotatable bonds is 11. The van der Waals surface area contributed by atoms with E-state index in [9.17, 15) is 0 Å². The summed E-state index contributed by atoms with van der Waals surface area (Å²) in [5, 5.41) is 6.85. The van der Waals surface area contributed by atoms with Gasteiger partial charge in [0, 0.05) is 66.3 Å². The molecule has 152 valence electrons. The second-order valence-corrected chi connectivity index (χ2v) is 7.19. The van der Waals surface area contributed by atoms with E-state index in [-0.39, 0.29) is 0 Å². The minimum absolute atomic E-state index is 0.575. The standard InChI is InChI=1S/C19H38N4O3/c1-20-19(22-15-18-5-3-9-23(18)10-14-24-2)21-8-4-11-26-16-17-6-12-25-13-7-17/h17-18H,3-16H2,1-2H3,(H2,20,21,22). The number of guanidine groups is 1. The molecule has 2 saturated heterocycles. The maximum absolute atomic E-state index is 5.81. The maximum atomic E-state index is 5.81. The Bertz CT molecular complexity index is 389. The molecule has 0 radical (unpaired) electrons. The Balaban J connectivity index is 1.50. The second-order valence-electron chi connectivity index (χ2n) is 7.19. The van der Waals surface area contributed by atoms with Crippen LogP contribution in [-0.4, -0.2) is 90.3 Å². The number of hydrogen-bond acceptors (Lipinski definition) is 5. The maximum Gasteiger partial charge on any atom is 0.191 e. The van der Waals surface area contributed by atoms with Crippen LogP contribution in [0.25, 0.3) is 0 Å². The Morgan fingerprint density at radius 3 is 2.81 bits per heavy atom. The number of nitrogens with one attached hydrogen (secondary N) is 2. The monoisotopic (exact) mass is 370 g/mol. The smallest absolute Gasteiger partial charge is 0.191 e. The summed E-state index contributed by atoms with van der Waals surface area (Å²) in [6.07, 6.45) is 5.78. The third-order valence-corrected chi connectivity index (χ3v) is 5.26. The zero-order chi connectivity index (χ0) is 18.5. The predicted molar refractivity (Wildman–Crippen MR) is 105 cm³/mol. The largest absolute Gasteiger partial charge is 0.383 e. The average Bonchev–Trinajstić information content (AvgIpc) is 3.13. The van der Waals surface area contributed by atoms with E-state index < -0.39 is 0 Å². The van der Waals surface area contributed by atoms with Crippen molar-refractivity contribution in [3.8, 4) is 0 Å². The quantitative estimate of drug-likeness (QED) is 0.322. The Morgan fingerprint density at radius 1 is 1.19 bits per heavy atom. The summed E-state index contributed by atoms with van der Waals surface area (Å²) in [4.78, 5) is 6.83. The number of nitrogens with zero attached hydrogens (tertiary/aromatic N) is 2. The van der Waals surface area contributed by atoms with Crippen LogP contribution >= 0.6 is 0 Å². The van der Waals surface area contributed by atoms with Crippen LogP contribution in [0.2, 0.25) is 0 Å². The van der Waals surface area contributed by atoms with Gasteiger partial charge in [0.05, 0.1) is 6.61 Å². The topological polar surface area (TPSA) is 67.4 Å². The Labute approximate surface area is 158 Å². The van der Waals surface area contributed by atoms with Crippen molar-refractivity contribution in [3.05, 3.63) is 0 Å². The SMILES string of the molecule is CN=C(NCCCOCC1CCOCC1)NCC1CCCN1CCOC. The van der Waals surface area contributed by atoms with Gasteiger partial charge >= 0.3 is 0 Å². The zero-order valence-corrected chi connectivity index (χ0v) is 16.7. The van der Waals surface area contributed by atoms with Crippen molar-refractivity contribution in [3.63, 3.8) is 0 Å². The normalized spacial score (nSPS) is 22.7. The summed E-state index contributed by atoms with van der Waals surface area (Å²) in [5.74, 6) is 1.56. The third-order valence-electron chi connectivity index (χ3n) is 5.26. The molecule has 1 unspecified atom stereocenters. The summed E-state index contributed by atoms with van der Waals surface area (Å²) >= 11 is 0. The van der Waals surface area contributed by atoms with Crippen LogP contribution < -0.4 is 10.6 Å². The Hall–Kier alpha value is -0.890. The van der Waals surface area contributed by atoms with Gasteiger partial charge in [-0.1, -0.05) is 0 Å². The summed E-state index contributed by atoms with van der Waals surface area (Å²) in [6, 6.07) is 0.575. The molecule has 0 saturated carbocycles. The number of aliphatic imine (C=N–C) groups is 1. The molecule has 0 amide bonds. The average molecular weight is 371 g/mol. The van der Waals surface area contributed by atoms with E-state index >= 15 is 0 Å². The molecule has 0 aromatic rings. The fourth-order valence-electron chi connectivity index (χ4n) is 3.61. The van der Waals surface area contributed by atoms with E-state index in [0.29, 0.717) is 12.0 Å². The van der Waals surface area contributed by atoms with E-state index in [1.165, 1.54) is 19.4 Å². The molecule has 2 rings (SSSR count). The highest BCUT2D eigenvalue weighted by atomic mass is 16.5. The first-order chi connectivity index (χ1) is 12.8. The van der Waals surface area contributed by atoms with Crippen molar-refractivity contribution in [2.45, 2.75) is 38.1 Å². The number of hydrogen-bond donors (Lipinski definition) is 2. The van der Waals surface area contributed by atoms with Crippen LogP contribution in [0, 0.1) is 5.92 Å². The lowest BCUT2D eigenvalue weighted by atomic mass is 10.0. The van der Waals surface area contributed by atoms with E-state index in [1.54, 1.807) is 7.11 Å². The summed E-state index contributed by atoms with van der Waals surface area (Å²) in [7, 11) is 3.59. The minimum atomic E-state index is 0.575. The van der Waals surface area contributed by atoms with Crippen molar-refractivity contribution in [2.75, 3.05) is 73.4 Å². The van der Waals surface area contributed by atoms with Crippen LogP contribution in [0.3, 0.4) is 0 Å². The molecule has 2 heterocycles. The summed E-state index contributed by atoms with van der Waals surface area (Å²) in [5.41, 5.74) is 0. The molecular weight excluding hydrogens is 332 g/mol. The van der Waals surface area contributed by atoms with Crippen LogP contribution in [-0.2, 0) is 14.2 Å². The lowest BCUT2D eigenvalue weighted by Crippen LogP contribution is -2.45. The van der Waals surface area contributed by atoms with Crippen molar-refractivity contribution in [2.24, 2.45) is 10.9 Å². The molecule has 2 aliphatic heterocycles. The van der Waals surface area contributed by atoms with Crippen molar-refractivity contribution < 1.29 is 14.2 Å². The van der Waals surface area contributed by atoms with Crippen LogP contribution in [0.15, 0.2) is 4.99 Å². The Kier molecular flexibility index (Phi) is 11.0. The molecule has 7 nitrogen and oxygen atoms in total. The number of likely N-dealkylation sites (tertiary alicyclic amines) is 1. The van der Waals surface area contributed by atoms with Crippen LogP contribution in [0.5, 0.6) is 0 Å². The second kappa shape index (κ2) is 13.3. The first kappa shape index (κ1) is 21.4. The molecule has 2 fully saturated rings. The Morgan fingerprint density at radius 2 is 2.04 bits per heavy atom. The van der Waals surface area contributed by atoms with Gasteiger partial charge in [0.1, 0.15) is 0 Å². The predicted octanol–water partition coefficient (Wildman–Crippen LogP) is 1.10. The van der Waals surface area contributed by atoms with E-state index in [4.69, 9.17) is 14.2 Å². The summed E-state index contributed by atoms with van der Waals surface area (Å²) in [6.45, 7) is 8.26. The first-order valence-corrected chi connectivity index (χ1v) is 10.2. The fraction of sp³-hybridized carbons (Fsp3) is 0.947. The highest BCUT2D eigenvalue weighted by molar-refractivity contribution is 5.79. The third kappa shape index (κ3) is 8.20. The number of methoxy groups -OCH3 is 1. The lowest BCUT2D eigenvalue weighted by Gasteiger charge is -2.25. The van der Waals surface area contributed by atoms with Gasteiger partial charge in [0.2, 0.25) is 0 Å². The highest BCUT2D eigenvalue weighted by Crippen LogP contribution is 2.16. The highest BCUT2D eigenvalue weighted by Gasteiger charge is 2.23. The van der Waals surface area contributed by atoms with Gasteiger partial charge in [-0.3, -0.25) is 9.89 Å². The molecule has 0 spiro atoms. The van der Waals surface area contributed by atoms with Gasteiger partial charge in [-0.2, -0.15) is 0 Å². The molecule has 2 aliphatic rings. The van der Waals surface area contributed by atoms with Gasteiger partial charge in [-0.15, -0.1) is 0 Å². The molecule has 0 aromatic heterocycles. The fourth-order valence-corrected chi connectivity index (χ4v) is 3.61. The van der Waals surface area contributed by atoms with Gasteiger partial charge in [0.25, 0.3) is 0 Å². The van der Waals surface area contributed by atoms with Crippen LogP contribution in [0.4, 0.5) is 0 Å². The van der Waals surface area contributed by atoms with Crippen molar-refractivity contribution in [1.82, 2.24) is 15.5 Å². The first-order valence-electron chi connectivity index (χ1n) is 10.2. The van der Waals surface area contributed by atoms with E-state index in [0.717, 1.165) is 77.9 Å². The molecule has 0 aromatic carbocycles. The van der Waals surface area contributed by atoms with Gasteiger partial charge in [-0.25, -0.2) is 0 Å². The minimum Gasteiger partial charge on any atom is -0.383 e. The number of ether oxygens (including phenoxy) is 3. The lowest BCUT2D eigenvalue weighted by molar-refractivity contribution is 0.0203. The van der Waals surface area contributed by atoms with Crippen molar-refractivity contribution >= 4 is 5.96 Å². The van der Waals surface area contributed by atoms with Crippen LogP contribution in [0.1, 0.15) is 32.1 Å². The summed E-state index contributed by atoms with van der Waals surface area (Å²) < 4.78 is 16.4. The molecule has 26 heavy (non-hydrogen) atoms. The molecular formula is C19H38N4O3. The van der Waals surface area contributed by atoms with Crippen molar-refractivity contribution in [1.29, 1.82) is 0 Å². The van der Waals surface area contributed by atoms with Gasteiger partial charge < -0.3 is 24.8 Å². The molecule has 7 heteroatoms. The zero-order valence-electron chi connectivity index (χ0n) is 16.7. The molecule has 0 bridgehead atoms. The molecule has 0 aliphatic carbocycles. The van der Waals surface area contributed by atoms with E-state index in [1.807, 2.05) is 7.05 Å².